The third kappa shape index (κ3) is 3.02. The molecule has 5 heteroatoms. The number of thiophene rings is 1. The smallest absolute Gasteiger partial charge is 0.225 e. The Kier molecular flexibility index (Phi) is 3.56. The van der Waals surface area contributed by atoms with E-state index < -0.39 is 0 Å². The van der Waals surface area contributed by atoms with Gasteiger partial charge in [-0.3, -0.25) is 4.79 Å². The van der Waals surface area contributed by atoms with E-state index in [0.29, 0.717) is 17.3 Å². The molecule has 0 saturated heterocycles. The average molecular weight is 254 g/mol. The fraction of sp³-hybridized carbons (Fsp3) is 0.455. The molecule has 3 N–H and O–H groups in total. The van der Waals surface area contributed by atoms with Crippen LogP contribution in [0.15, 0.2) is 17.5 Å². The molecule has 0 bridgehead atoms. The molecule has 1 aliphatic rings. The molecular weight excluding hydrogens is 240 g/mol. The van der Waals surface area contributed by atoms with E-state index in [4.69, 9.17) is 18.0 Å². The summed E-state index contributed by atoms with van der Waals surface area (Å²) >= 11 is 6.55. The number of rotatable bonds is 5. The van der Waals surface area contributed by atoms with E-state index in [1.165, 1.54) is 0 Å². The molecule has 1 atom stereocenters. The summed E-state index contributed by atoms with van der Waals surface area (Å²) in [6, 6.07) is 3.79. The highest BCUT2D eigenvalue weighted by atomic mass is 32.1. The predicted octanol–water partition coefficient (Wildman–Crippen LogP) is 1.47. The summed E-state index contributed by atoms with van der Waals surface area (Å²) < 4.78 is 0. The van der Waals surface area contributed by atoms with Crippen LogP contribution in [0.3, 0.4) is 0 Å². The molecule has 0 spiro atoms. The van der Waals surface area contributed by atoms with Gasteiger partial charge < -0.3 is 11.1 Å². The van der Waals surface area contributed by atoms with Crippen molar-refractivity contribution in [1.82, 2.24) is 5.32 Å². The minimum atomic E-state index is -0.109. The third-order valence-corrected chi connectivity index (χ3v) is 3.76. The standard InChI is InChI=1S/C11H14N2OS2/c12-11(15)10(7-3-4-7)13-9(14)6-8-2-1-5-16-8/h1-2,5,7,10H,3-4,6H2,(H2,12,15)(H,13,14). The molecule has 2 rings (SSSR count). The van der Waals surface area contributed by atoms with Crippen LogP contribution in [0.25, 0.3) is 0 Å². The second kappa shape index (κ2) is 4.93. The first-order chi connectivity index (χ1) is 7.66. The number of carbonyl (C=O) groups is 1. The highest BCUT2D eigenvalue weighted by Gasteiger charge is 2.34. The Labute approximate surface area is 104 Å². The van der Waals surface area contributed by atoms with Crippen LogP contribution in [0, 0.1) is 5.92 Å². The first-order valence-corrected chi connectivity index (χ1v) is 6.56. The van der Waals surface area contributed by atoms with Gasteiger partial charge in [0, 0.05) is 4.88 Å². The number of nitrogens with two attached hydrogens (primary N) is 1. The van der Waals surface area contributed by atoms with Crippen molar-refractivity contribution in [1.29, 1.82) is 0 Å². The van der Waals surface area contributed by atoms with Crippen molar-refractivity contribution in [3.05, 3.63) is 22.4 Å². The van der Waals surface area contributed by atoms with Crippen molar-refractivity contribution in [2.45, 2.75) is 25.3 Å². The second-order valence-corrected chi connectivity index (χ2v) is 5.54. The molecule has 16 heavy (non-hydrogen) atoms. The van der Waals surface area contributed by atoms with E-state index in [9.17, 15) is 4.79 Å². The zero-order valence-corrected chi connectivity index (χ0v) is 10.4. The lowest BCUT2D eigenvalue weighted by atomic mass is 10.2. The average Bonchev–Trinajstić information content (AvgIpc) is 2.94. The maximum absolute atomic E-state index is 11.7. The monoisotopic (exact) mass is 254 g/mol. The molecule has 86 valence electrons. The normalized spacial score (nSPS) is 16.8. The highest BCUT2D eigenvalue weighted by Crippen LogP contribution is 2.32. The van der Waals surface area contributed by atoms with Crippen LogP contribution in [0.2, 0.25) is 0 Å². The van der Waals surface area contributed by atoms with Gasteiger partial charge in [0.15, 0.2) is 0 Å². The molecule has 1 aromatic heterocycles. The summed E-state index contributed by atoms with van der Waals surface area (Å²) in [6.07, 6.45) is 2.64. The Morgan fingerprint density at radius 2 is 2.44 bits per heavy atom. The van der Waals surface area contributed by atoms with Crippen molar-refractivity contribution < 1.29 is 4.79 Å². The molecule has 0 aliphatic heterocycles. The Balaban J connectivity index is 1.88. The number of carbonyl (C=O) groups excluding carboxylic acids is 1. The van der Waals surface area contributed by atoms with E-state index in [2.05, 4.69) is 5.32 Å². The molecule has 0 radical (unpaired) electrons. The lowest BCUT2D eigenvalue weighted by Gasteiger charge is -2.16. The summed E-state index contributed by atoms with van der Waals surface area (Å²) in [5.74, 6) is 0.469. The first kappa shape index (κ1) is 11.5. The molecule has 1 unspecified atom stereocenters. The Morgan fingerprint density at radius 3 is 2.94 bits per heavy atom. The molecule has 3 nitrogen and oxygen atoms in total. The minimum Gasteiger partial charge on any atom is -0.392 e. The maximum Gasteiger partial charge on any atom is 0.225 e. The molecule has 0 aromatic carbocycles. The van der Waals surface area contributed by atoms with Gasteiger partial charge in [0.05, 0.1) is 17.5 Å². The number of amides is 1. The maximum atomic E-state index is 11.7. The van der Waals surface area contributed by atoms with E-state index in [-0.39, 0.29) is 11.9 Å². The molecule has 1 saturated carbocycles. The van der Waals surface area contributed by atoms with E-state index in [1.807, 2.05) is 17.5 Å². The number of thiocarbonyl (C=S) groups is 1. The summed E-state index contributed by atoms with van der Waals surface area (Å²) in [5, 5.41) is 4.89. The van der Waals surface area contributed by atoms with Crippen LogP contribution < -0.4 is 11.1 Å². The molecule has 1 amide bonds. The molecule has 1 aromatic rings. The fourth-order valence-corrected chi connectivity index (χ4v) is 2.60. The van der Waals surface area contributed by atoms with Gasteiger partial charge >= 0.3 is 0 Å². The van der Waals surface area contributed by atoms with Crippen molar-refractivity contribution in [2.24, 2.45) is 11.7 Å². The SMILES string of the molecule is NC(=S)C(NC(=O)Cc1cccs1)C1CC1. The zero-order chi connectivity index (χ0) is 11.5. The van der Waals surface area contributed by atoms with Crippen molar-refractivity contribution in [2.75, 3.05) is 0 Å². The number of nitrogens with one attached hydrogen (secondary N) is 1. The van der Waals surface area contributed by atoms with E-state index in [0.717, 1.165) is 17.7 Å². The second-order valence-electron chi connectivity index (χ2n) is 4.04. The van der Waals surface area contributed by atoms with Crippen LogP contribution in [-0.2, 0) is 11.2 Å². The summed E-state index contributed by atoms with van der Waals surface area (Å²) in [5.41, 5.74) is 5.62. The summed E-state index contributed by atoms with van der Waals surface area (Å²) in [4.78, 5) is 13.2. The first-order valence-electron chi connectivity index (χ1n) is 5.28. The highest BCUT2D eigenvalue weighted by molar-refractivity contribution is 7.80. The zero-order valence-electron chi connectivity index (χ0n) is 8.81. The van der Waals surface area contributed by atoms with Gasteiger partial charge in [-0.2, -0.15) is 0 Å². The van der Waals surface area contributed by atoms with E-state index in [1.54, 1.807) is 11.3 Å². The Morgan fingerprint density at radius 1 is 1.69 bits per heavy atom. The quantitative estimate of drug-likeness (QED) is 0.782. The van der Waals surface area contributed by atoms with Crippen LogP contribution in [0.5, 0.6) is 0 Å². The van der Waals surface area contributed by atoms with Crippen LogP contribution in [0.1, 0.15) is 17.7 Å². The molecule has 1 fully saturated rings. The Hall–Kier alpha value is -0.940. The lowest BCUT2D eigenvalue weighted by molar-refractivity contribution is -0.120. The predicted molar refractivity (Wildman–Crippen MR) is 69.5 cm³/mol. The minimum absolute atomic E-state index is 0.00662. The largest absolute Gasteiger partial charge is 0.392 e. The van der Waals surface area contributed by atoms with Crippen LogP contribution >= 0.6 is 23.6 Å². The summed E-state index contributed by atoms with van der Waals surface area (Å²) in [6.45, 7) is 0. The summed E-state index contributed by atoms with van der Waals surface area (Å²) in [7, 11) is 0. The molecule has 1 aliphatic carbocycles. The number of hydrogen-bond acceptors (Lipinski definition) is 3. The topological polar surface area (TPSA) is 55.1 Å². The lowest BCUT2D eigenvalue weighted by Crippen LogP contribution is -2.45. The fourth-order valence-electron chi connectivity index (χ4n) is 1.65. The number of hydrogen-bond donors (Lipinski definition) is 2. The third-order valence-electron chi connectivity index (χ3n) is 2.63. The van der Waals surface area contributed by atoms with Gasteiger partial charge in [-0.1, -0.05) is 18.3 Å². The van der Waals surface area contributed by atoms with Crippen LogP contribution in [0.4, 0.5) is 0 Å². The van der Waals surface area contributed by atoms with Gasteiger partial charge in [0.25, 0.3) is 0 Å². The van der Waals surface area contributed by atoms with Gasteiger partial charge in [-0.15, -0.1) is 11.3 Å². The molecule has 1 heterocycles. The van der Waals surface area contributed by atoms with Gasteiger partial charge in [-0.05, 0) is 30.2 Å². The van der Waals surface area contributed by atoms with E-state index >= 15 is 0 Å². The van der Waals surface area contributed by atoms with Gasteiger partial charge in [0.1, 0.15) is 0 Å². The Bertz CT molecular complexity index is 385. The van der Waals surface area contributed by atoms with Gasteiger partial charge in [0.2, 0.25) is 5.91 Å². The van der Waals surface area contributed by atoms with Crippen molar-refractivity contribution in [3.8, 4) is 0 Å². The van der Waals surface area contributed by atoms with Crippen LogP contribution in [-0.4, -0.2) is 16.9 Å². The van der Waals surface area contributed by atoms with Gasteiger partial charge in [-0.25, -0.2) is 0 Å². The van der Waals surface area contributed by atoms with Crippen molar-refractivity contribution >= 4 is 34.5 Å². The van der Waals surface area contributed by atoms with Crippen molar-refractivity contribution in [3.63, 3.8) is 0 Å². The molecular formula is C11H14N2OS2.